The number of para-hydroxylation sites is 1. The number of amides is 2. The van der Waals surface area contributed by atoms with Gasteiger partial charge in [0.2, 0.25) is 11.8 Å². The molecule has 2 aromatic carbocycles. The van der Waals surface area contributed by atoms with E-state index < -0.39 is 55.0 Å². The third-order valence-corrected chi connectivity index (χ3v) is 9.69. The monoisotopic (exact) mass is 542 g/mol. The van der Waals surface area contributed by atoms with E-state index in [1.165, 1.54) is 4.90 Å². The molecule has 0 radical (unpaired) electrons. The number of hydrogen-bond donors (Lipinski definition) is 4. The number of anilines is 1. The first-order chi connectivity index (χ1) is 18.0. The molecule has 204 valence electrons. The Kier molecular flexibility index (Phi) is 8.40. The highest BCUT2D eigenvalue weighted by Crippen LogP contribution is 2.59. The second-order valence-electron chi connectivity index (χ2n) is 10.6. The number of hydrogen-bond acceptors (Lipinski definition) is 4. The van der Waals surface area contributed by atoms with Crippen LogP contribution in [0.15, 0.2) is 54.6 Å². The van der Waals surface area contributed by atoms with Crippen molar-refractivity contribution < 1.29 is 33.8 Å². The van der Waals surface area contributed by atoms with Gasteiger partial charge in [-0.2, -0.15) is 0 Å². The summed E-state index contributed by atoms with van der Waals surface area (Å²) in [5.41, 5.74) is -0.320. The maximum absolute atomic E-state index is 14.0. The lowest BCUT2D eigenvalue weighted by Gasteiger charge is -2.40. The van der Waals surface area contributed by atoms with Crippen molar-refractivity contribution in [2.24, 2.45) is 11.3 Å². The maximum atomic E-state index is 14.0. The summed E-state index contributed by atoms with van der Waals surface area (Å²) in [5.74, 6) is -2.75. The van der Waals surface area contributed by atoms with E-state index >= 15 is 0 Å². The molecule has 0 bridgehead atoms. The minimum absolute atomic E-state index is 0.258. The van der Waals surface area contributed by atoms with E-state index in [2.05, 4.69) is 5.32 Å². The summed E-state index contributed by atoms with van der Waals surface area (Å²) in [6.07, 6.45) is 3.03. The van der Waals surface area contributed by atoms with Gasteiger partial charge in [-0.25, -0.2) is 0 Å². The first-order valence-electron chi connectivity index (χ1n) is 13.0. The van der Waals surface area contributed by atoms with Crippen LogP contribution in [0.4, 0.5) is 5.69 Å². The lowest BCUT2D eigenvalue weighted by molar-refractivity contribution is -0.137. The average molecular weight is 543 g/mol. The molecular weight excluding hydrogens is 507 g/mol. The highest BCUT2D eigenvalue weighted by atomic mass is 31.2. The summed E-state index contributed by atoms with van der Waals surface area (Å²) < 4.78 is 13.0. The smallest absolute Gasteiger partial charge is 0.329 e. The van der Waals surface area contributed by atoms with Gasteiger partial charge in [-0.1, -0.05) is 68.3 Å². The Hall–Kier alpha value is -3.00. The number of nitrogens with zero attached hydrogens (tertiary/aromatic N) is 1. The number of fused-ring (bicyclic) bond motifs is 1. The standard InChI is InChI=1S/C28H35N2O7P/c1-19(17-20-9-3-2-4-10-20)25(38(35,36)37)28(15-7-8-16-28)27(34)29-22-14-13-21-11-5-6-12-23(21)30(26(22)33)18-24(31)32/h2-6,9-12,19,22,25H,7-8,13-18H2,1H3,(H,29,34)(H,31,32)(H2,35,36,37)/t19?,22-,25?/m0/s1. The highest BCUT2D eigenvalue weighted by molar-refractivity contribution is 7.52. The van der Waals surface area contributed by atoms with E-state index in [0.29, 0.717) is 44.2 Å². The number of carbonyl (C=O) groups excluding carboxylic acids is 2. The maximum Gasteiger partial charge on any atom is 0.329 e. The van der Waals surface area contributed by atoms with Gasteiger partial charge in [-0.05, 0) is 55.2 Å². The van der Waals surface area contributed by atoms with Crippen molar-refractivity contribution in [3.05, 3.63) is 65.7 Å². The summed E-state index contributed by atoms with van der Waals surface area (Å²) in [5, 5.41) is 12.3. The molecule has 2 amide bonds. The third kappa shape index (κ3) is 5.85. The first-order valence-corrected chi connectivity index (χ1v) is 14.7. The lowest BCUT2D eigenvalue weighted by Crippen LogP contribution is -2.56. The normalized spacial score (nSPS) is 20.8. The van der Waals surface area contributed by atoms with Gasteiger partial charge >= 0.3 is 13.6 Å². The van der Waals surface area contributed by atoms with E-state index in [4.69, 9.17) is 0 Å². The molecule has 4 rings (SSSR count). The van der Waals surface area contributed by atoms with E-state index in [9.17, 15) is 33.8 Å². The number of rotatable bonds is 9. The Morgan fingerprint density at radius 3 is 2.34 bits per heavy atom. The van der Waals surface area contributed by atoms with Gasteiger partial charge in [0.1, 0.15) is 12.6 Å². The fourth-order valence-electron chi connectivity index (χ4n) is 6.41. The highest BCUT2D eigenvalue weighted by Gasteiger charge is 2.56. The second-order valence-corrected chi connectivity index (χ2v) is 12.3. The van der Waals surface area contributed by atoms with Crippen molar-refractivity contribution >= 4 is 31.1 Å². The fourth-order valence-corrected chi connectivity index (χ4v) is 8.20. The van der Waals surface area contributed by atoms with Crippen LogP contribution in [0.5, 0.6) is 0 Å². The van der Waals surface area contributed by atoms with Gasteiger partial charge in [0.05, 0.1) is 11.1 Å². The number of benzene rings is 2. The molecule has 2 unspecified atom stereocenters. The quantitative estimate of drug-likeness (QED) is 0.355. The molecule has 9 nitrogen and oxygen atoms in total. The summed E-state index contributed by atoms with van der Waals surface area (Å²) in [4.78, 5) is 61.4. The van der Waals surface area contributed by atoms with Crippen molar-refractivity contribution in [2.45, 2.75) is 63.6 Å². The van der Waals surface area contributed by atoms with Crippen molar-refractivity contribution in [3.8, 4) is 0 Å². The van der Waals surface area contributed by atoms with E-state index in [-0.39, 0.29) is 6.42 Å². The Balaban J connectivity index is 1.64. The van der Waals surface area contributed by atoms with Gasteiger partial charge in [-0.3, -0.25) is 23.8 Å². The summed E-state index contributed by atoms with van der Waals surface area (Å²) in [6.45, 7) is 1.22. The minimum Gasteiger partial charge on any atom is -0.480 e. The molecule has 0 spiro atoms. The number of nitrogens with one attached hydrogen (secondary N) is 1. The molecule has 3 atom stereocenters. The molecule has 1 aliphatic carbocycles. The van der Waals surface area contributed by atoms with E-state index in [1.54, 1.807) is 19.1 Å². The van der Waals surface area contributed by atoms with Crippen LogP contribution in [-0.4, -0.2) is 50.9 Å². The Morgan fingerprint density at radius 1 is 1.08 bits per heavy atom. The molecule has 2 aromatic rings. The Labute approximate surface area is 222 Å². The molecule has 1 fully saturated rings. The van der Waals surface area contributed by atoms with Crippen molar-refractivity contribution in [3.63, 3.8) is 0 Å². The van der Waals surface area contributed by atoms with Crippen LogP contribution in [0, 0.1) is 11.3 Å². The van der Waals surface area contributed by atoms with Crippen molar-refractivity contribution in [1.29, 1.82) is 0 Å². The number of carboxylic acid groups (broad SMARTS) is 1. The molecule has 1 saturated carbocycles. The lowest BCUT2D eigenvalue weighted by atomic mass is 9.75. The zero-order valence-electron chi connectivity index (χ0n) is 21.5. The van der Waals surface area contributed by atoms with Gasteiger partial charge in [-0.15, -0.1) is 0 Å². The van der Waals surface area contributed by atoms with E-state index in [0.717, 1.165) is 11.1 Å². The number of carbonyl (C=O) groups is 3. The zero-order chi connectivity index (χ0) is 27.5. The van der Waals surface area contributed by atoms with Crippen LogP contribution in [0.1, 0.15) is 50.2 Å². The zero-order valence-corrected chi connectivity index (χ0v) is 22.3. The predicted molar refractivity (Wildman–Crippen MR) is 143 cm³/mol. The molecule has 1 aliphatic heterocycles. The third-order valence-electron chi connectivity index (χ3n) is 7.96. The number of aliphatic carboxylic acids is 1. The minimum atomic E-state index is -4.73. The molecule has 10 heteroatoms. The largest absolute Gasteiger partial charge is 0.480 e. The van der Waals surface area contributed by atoms with Crippen molar-refractivity contribution in [2.75, 3.05) is 11.4 Å². The molecule has 4 N–H and O–H groups in total. The first kappa shape index (κ1) is 28.0. The van der Waals surface area contributed by atoms with Crippen LogP contribution in [-0.2, 0) is 31.8 Å². The van der Waals surface area contributed by atoms with E-state index in [1.807, 2.05) is 42.5 Å². The molecular formula is C28H35N2O7P. The molecule has 0 saturated heterocycles. The van der Waals surface area contributed by atoms with Gasteiger partial charge in [0.25, 0.3) is 0 Å². The molecule has 0 aromatic heterocycles. The average Bonchev–Trinajstić information content (AvgIpc) is 3.30. The van der Waals surface area contributed by atoms with Crippen LogP contribution < -0.4 is 10.2 Å². The summed E-state index contributed by atoms with van der Waals surface area (Å²) in [6, 6.07) is 15.4. The summed E-state index contributed by atoms with van der Waals surface area (Å²) >= 11 is 0. The molecule has 38 heavy (non-hydrogen) atoms. The number of carboxylic acids is 1. The van der Waals surface area contributed by atoms with Gasteiger partial charge in [0, 0.05) is 5.69 Å². The summed E-state index contributed by atoms with van der Waals surface area (Å²) in [7, 11) is -4.73. The van der Waals surface area contributed by atoms with Crippen LogP contribution >= 0.6 is 7.60 Å². The fraction of sp³-hybridized carbons (Fsp3) is 0.464. The van der Waals surface area contributed by atoms with Crippen LogP contribution in [0.2, 0.25) is 0 Å². The molecule has 1 heterocycles. The second kappa shape index (κ2) is 11.4. The van der Waals surface area contributed by atoms with Crippen LogP contribution in [0.25, 0.3) is 0 Å². The Bertz CT molecular complexity index is 1220. The van der Waals surface area contributed by atoms with Gasteiger partial charge in [0.15, 0.2) is 0 Å². The SMILES string of the molecule is CC(Cc1ccccc1)C(C1(C(=O)N[C@H]2CCc3ccccc3N(CC(=O)O)C2=O)CCCC1)P(=O)(O)O. The van der Waals surface area contributed by atoms with Gasteiger partial charge < -0.3 is 20.2 Å². The topological polar surface area (TPSA) is 144 Å². The molecule has 2 aliphatic rings. The predicted octanol–water partition coefficient (Wildman–Crippen LogP) is 3.52. The Morgan fingerprint density at radius 2 is 1.71 bits per heavy atom. The number of aryl methyl sites for hydroxylation is 1. The van der Waals surface area contributed by atoms with Crippen molar-refractivity contribution in [1.82, 2.24) is 5.32 Å². The van der Waals surface area contributed by atoms with Crippen LogP contribution in [0.3, 0.4) is 0 Å².